The van der Waals surface area contributed by atoms with Gasteiger partial charge in [-0.25, -0.2) is 4.79 Å². The summed E-state index contributed by atoms with van der Waals surface area (Å²) in [5.41, 5.74) is 3.42. The molecule has 34 heavy (non-hydrogen) atoms. The Hall–Kier alpha value is -3.84. The highest BCUT2D eigenvalue weighted by atomic mass is 16.5. The van der Waals surface area contributed by atoms with Crippen molar-refractivity contribution in [3.8, 4) is 5.75 Å². The SMILES string of the molecule is COCCn1c(C)cc(C(=O)COC(=O)c2oc3ccccc3c2COc2ccccc2)c1C. The zero-order chi connectivity index (χ0) is 24.1. The molecule has 4 aromatic rings. The van der Waals surface area contributed by atoms with Crippen LogP contribution >= 0.6 is 0 Å². The van der Waals surface area contributed by atoms with Gasteiger partial charge in [0.15, 0.2) is 6.61 Å². The van der Waals surface area contributed by atoms with Gasteiger partial charge in [0.1, 0.15) is 17.9 Å². The Labute approximate surface area is 197 Å². The summed E-state index contributed by atoms with van der Waals surface area (Å²) in [4.78, 5) is 25.8. The molecule has 4 rings (SSSR count). The summed E-state index contributed by atoms with van der Waals surface area (Å²) >= 11 is 0. The van der Waals surface area contributed by atoms with E-state index in [0.29, 0.717) is 35.6 Å². The number of carbonyl (C=O) groups is 2. The van der Waals surface area contributed by atoms with Crippen molar-refractivity contribution in [3.63, 3.8) is 0 Å². The topological polar surface area (TPSA) is 79.9 Å². The van der Waals surface area contributed by atoms with Crippen molar-refractivity contribution in [2.24, 2.45) is 0 Å². The predicted octanol–water partition coefficient (Wildman–Crippen LogP) is 5.12. The average molecular weight is 462 g/mol. The van der Waals surface area contributed by atoms with Crippen LogP contribution in [0, 0.1) is 13.8 Å². The lowest BCUT2D eigenvalue weighted by atomic mass is 10.1. The molecule has 7 heteroatoms. The zero-order valence-corrected chi connectivity index (χ0v) is 19.5. The molecule has 0 saturated carbocycles. The van der Waals surface area contributed by atoms with E-state index in [0.717, 1.165) is 16.8 Å². The predicted molar refractivity (Wildman–Crippen MR) is 127 cm³/mol. The van der Waals surface area contributed by atoms with E-state index in [1.165, 1.54) is 0 Å². The lowest BCUT2D eigenvalue weighted by molar-refractivity contribution is 0.0442. The zero-order valence-electron chi connectivity index (χ0n) is 19.5. The molecular formula is C27H27NO6. The van der Waals surface area contributed by atoms with Gasteiger partial charge >= 0.3 is 5.97 Å². The quantitative estimate of drug-likeness (QED) is 0.241. The third-order valence-electron chi connectivity index (χ3n) is 5.74. The number of aryl methyl sites for hydroxylation is 1. The fourth-order valence-electron chi connectivity index (χ4n) is 3.96. The number of methoxy groups -OCH3 is 1. The molecule has 0 unspecified atom stereocenters. The molecule has 0 amide bonds. The van der Waals surface area contributed by atoms with Crippen LogP contribution in [-0.2, 0) is 22.6 Å². The maximum Gasteiger partial charge on any atom is 0.375 e. The highest BCUT2D eigenvalue weighted by Crippen LogP contribution is 2.28. The van der Waals surface area contributed by atoms with Crippen molar-refractivity contribution >= 4 is 22.7 Å². The van der Waals surface area contributed by atoms with Gasteiger partial charge < -0.3 is 23.2 Å². The Morgan fingerprint density at radius 3 is 2.50 bits per heavy atom. The second-order valence-electron chi connectivity index (χ2n) is 7.94. The molecule has 0 bridgehead atoms. The van der Waals surface area contributed by atoms with Crippen LogP contribution < -0.4 is 4.74 Å². The fourth-order valence-corrected chi connectivity index (χ4v) is 3.96. The van der Waals surface area contributed by atoms with E-state index in [1.807, 2.05) is 73.0 Å². The summed E-state index contributed by atoms with van der Waals surface area (Å²) in [5.74, 6) is -0.269. The molecule has 0 N–H and O–H groups in total. The monoisotopic (exact) mass is 461 g/mol. The van der Waals surface area contributed by atoms with E-state index in [-0.39, 0.29) is 24.8 Å². The number of ether oxygens (including phenoxy) is 3. The molecule has 2 heterocycles. The highest BCUT2D eigenvalue weighted by molar-refractivity contribution is 6.01. The number of furan rings is 1. The summed E-state index contributed by atoms with van der Waals surface area (Å²) in [6.07, 6.45) is 0. The van der Waals surface area contributed by atoms with E-state index >= 15 is 0 Å². The first-order valence-corrected chi connectivity index (χ1v) is 11.0. The van der Waals surface area contributed by atoms with Gasteiger partial charge in [0.2, 0.25) is 11.5 Å². The number of Topliss-reactive ketones (excluding diaryl/α,β-unsaturated/α-hetero) is 1. The maximum atomic E-state index is 12.9. The highest BCUT2D eigenvalue weighted by Gasteiger charge is 2.24. The first-order chi connectivity index (χ1) is 16.5. The number of ketones is 1. The van der Waals surface area contributed by atoms with Crippen LogP contribution in [0.2, 0.25) is 0 Å². The van der Waals surface area contributed by atoms with Gasteiger partial charge in [0, 0.05) is 36.0 Å². The summed E-state index contributed by atoms with van der Waals surface area (Å²) in [5, 5.41) is 0.762. The first-order valence-electron chi connectivity index (χ1n) is 11.0. The minimum Gasteiger partial charge on any atom is -0.489 e. The summed E-state index contributed by atoms with van der Waals surface area (Å²) in [7, 11) is 1.64. The van der Waals surface area contributed by atoms with Crippen molar-refractivity contribution in [2.75, 3.05) is 20.3 Å². The van der Waals surface area contributed by atoms with Crippen LogP contribution in [0.25, 0.3) is 11.0 Å². The van der Waals surface area contributed by atoms with Gasteiger partial charge in [-0.05, 0) is 38.1 Å². The van der Waals surface area contributed by atoms with Crippen molar-refractivity contribution in [1.29, 1.82) is 0 Å². The Morgan fingerprint density at radius 2 is 1.74 bits per heavy atom. The van der Waals surface area contributed by atoms with Crippen molar-refractivity contribution in [1.82, 2.24) is 4.57 Å². The third kappa shape index (κ3) is 4.89. The van der Waals surface area contributed by atoms with E-state index in [2.05, 4.69) is 0 Å². The van der Waals surface area contributed by atoms with E-state index in [4.69, 9.17) is 18.6 Å². The Morgan fingerprint density at radius 1 is 1.00 bits per heavy atom. The van der Waals surface area contributed by atoms with Gasteiger partial charge in [-0.15, -0.1) is 0 Å². The van der Waals surface area contributed by atoms with Crippen molar-refractivity contribution < 1.29 is 28.2 Å². The number of nitrogens with zero attached hydrogens (tertiary/aromatic N) is 1. The minimum absolute atomic E-state index is 0.0375. The van der Waals surface area contributed by atoms with Crippen LogP contribution in [-0.4, -0.2) is 36.6 Å². The van der Waals surface area contributed by atoms with E-state index in [1.54, 1.807) is 13.2 Å². The molecule has 2 aromatic heterocycles. The number of carbonyl (C=O) groups excluding carboxylic acids is 2. The van der Waals surface area contributed by atoms with Gasteiger partial charge in [-0.1, -0.05) is 36.4 Å². The lowest BCUT2D eigenvalue weighted by Crippen LogP contribution is -2.16. The second kappa shape index (κ2) is 10.4. The second-order valence-corrected chi connectivity index (χ2v) is 7.94. The van der Waals surface area contributed by atoms with E-state index in [9.17, 15) is 9.59 Å². The summed E-state index contributed by atoms with van der Waals surface area (Å²) in [6, 6.07) is 18.4. The van der Waals surface area contributed by atoms with Crippen molar-refractivity contribution in [3.05, 3.63) is 88.9 Å². The summed E-state index contributed by atoms with van der Waals surface area (Å²) < 4.78 is 24.2. The molecule has 0 aliphatic rings. The molecule has 0 spiro atoms. The average Bonchev–Trinajstić information content (AvgIpc) is 3.37. The van der Waals surface area contributed by atoms with Gasteiger partial charge in [-0.3, -0.25) is 4.79 Å². The molecule has 0 atom stereocenters. The minimum atomic E-state index is -0.704. The van der Waals surface area contributed by atoms with Gasteiger partial charge in [-0.2, -0.15) is 0 Å². The standard InChI is InChI=1S/C27H27NO6/c1-18-15-22(19(2)28(18)13-14-31-3)24(29)17-33-27(30)26-23(16-32-20-9-5-4-6-10-20)21-11-7-8-12-25(21)34-26/h4-12,15H,13-14,16-17H2,1-3H3. The number of fused-ring (bicyclic) bond motifs is 1. The lowest BCUT2D eigenvalue weighted by Gasteiger charge is -2.09. The Kier molecular flexibility index (Phi) is 7.13. The van der Waals surface area contributed by atoms with Gasteiger partial charge in [0.05, 0.1) is 12.2 Å². The van der Waals surface area contributed by atoms with Crippen LogP contribution in [0.5, 0.6) is 5.75 Å². The smallest absolute Gasteiger partial charge is 0.375 e. The molecule has 0 fully saturated rings. The number of para-hydroxylation sites is 2. The van der Waals surface area contributed by atoms with E-state index < -0.39 is 5.97 Å². The maximum absolute atomic E-state index is 12.9. The number of aromatic nitrogens is 1. The Bertz CT molecular complexity index is 1300. The number of esters is 1. The molecular weight excluding hydrogens is 434 g/mol. The Balaban J connectivity index is 1.50. The largest absolute Gasteiger partial charge is 0.489 e. The van der Waals surface area contributed by atoms with Crippen molar-refractivity contribution in [2.45, 2.75) is 27.0 Å². The third-order valence-corrected chi connectivity index (χ3v) is 5.74. The fraction of sp³-hybridized carbons (Fsp3) is 0.259. The van der Waals surface area contributed by atoms with Crippen LogP contribution in [0.3, 0.4) is 0 Å². The number of hydrogen-bond acceptors (Lipinski definition) is 6. The van der Waals surface area contributed by atoms with Crippen LogP contribution in [0.15, 0.2) is 65.1 Å². The molecule has 0 aliphatic carbocycles. The number of hydrogen-bond donors (Lipinski definition) is 0. The first kappa shape index (κ1) is 23.3. The molecule has 176 valence electrons. The normalized spacial score (nSPS) is 11.0. The van der Waals surface area contributed by atoms with Gasteiger partial charge in [0.25, 0.3) is 0 Å². The molecule has 2 aromatic carbocycles. The number of benzene rings is 2. The van der Waals surface area contributed by atoms with Crippen LogP contribution in [0.1, 0.15) is 37.9 Å². The van der Waals surface area contributed by atoms with Crippen LogP contribution in [0.4, 0.5) is 0 Å². The molecule has 0 aliphatic heterocycles. The molecule has 0 saturated heterocycles. The number of rotatable bonds is 10. The molecule has 7 nitrogen and oxygen atoms in total. The molecule has 0 radical (unpaired) electrons. The summed E-state index contributed by atoms with van der Waals surface area (Å²) in [6.45, 7) is 4.72.